The number of oxime groups is 1. The third-order valence-electron chi connectivity index (χ3n) is 2.66. The van der Waals surface area contributed by atoms with Crippen LogP contribution in [0.4, 0.5) is 0 Å². The van der Waals surface area contributed by atoms with Gasteiger partial charge in [0.25, 0.3) is 0 Å². The van der Waals surface area contributed by atoms with Crippen LogP contribution < -0.4 is 11.1 Å². The van der Waals surface area contributed by atoms with Gasteiger partial charge in [0.2, 0.25) is 5.91 Å². The molecule has 0 aromatic heterocycles. The van der Waals surface area contributed by atoms with Crippen molar-refractivity contribution in [3.63, 3.8) is 0 Å². The van der Waals surface area contributed by atoms with Crippen molar-refractivity contribution in [3.8, 4) is 0 Å². The molecule has 0 aliphatic carbocycles. The highest BCUT2D eigenvalue weighted by Gasteiger charge is 2.32. The Morgan fingerprint density at radius 3 is 2.78 bits per heavy atom. The summed E-state index contributed by atoms with van der Waals surface area (Å²) >= 11 is 5.84. The summed E-state index contributed by atoms with van der Waals surface area (Å²) in [5.41, 5.74) is 5.28. The molecule has 0 saturated carbocycles. The second-order valence-corrected chi connectivity index (χ2v) is 4.86. The summed E-state index contributed by atoms with van der Waals surface area (Å²) in [7, 11) is 0. The molecule has 6 heteroatoms. The highest BCUT2D eigenvalue weighted by atomic mass is 35.5. The predicted octanol–water partition coefficient (Wildman–Crippen LogP) is 1.73. The standard InChI is InChI=1S/C12H16ClN3O2/c1-12(2,10(14)16-18)11(17)15-7-8-4-3-5-9(13)6-8/h3-6,18H,7H2,1-2H3,(H2,14,16)(H,15,17). The second-order valence-electron chi connectivity index (χ2n) is 4.42. The van der Waals surface area contributed by atoms with Gasteiger partial charge >= 0.3 is 0 Å². The van der Waals surface area contributed by atoms with Crippen molar-refractivity contribution in [2.24, 2.45) is 16.3 Å². The van der Waals surface area contributed by atoms with Crippen LogP contribution >= 0.6 is 11.6 Å². The Balaban J connectivity index is 2.67. The monoisotopic (exact) mass is 269 g/mol. The first-order valence-corrected chi connectivity index (χ1v) is 5.76. The van der Waals surface area contributed by atoms with Gasteiger partial charge in [0.1, 0.15) is 5.41 Å². The Kier molecular flexibility index (Phi) is 4.55. The molecular weight excluding hydrogens is 254 g/mol. The second kappa shape index (κ2) is 5.73. The number of amidine groups is 1. The summed E-state index contributed by atoms with van der Waals surface area (Å²) in [5, 5.41) is 14.8. The lowest BCUT2D eigenvalue weighted by Crippen LogP contribution is -2.45. The lowest BCUT2D eigenvalue weighted by atomic mass is 9.91. The van der Waals surface area contributed by atoms with Crippen molar-refractivity contribution in [1.82, 2.24) is 5.32 Å². The van der Waals surface area contributed by atoms with Gasteiger partial charge < -0.3 is 16.3 Å². The van der Waals surface area contributed by atoms with Gasteiger partial charge in [0.05, 0.1) is 0 Å². The number of hydrogen-bond acceptors (Lipinski definition) is 3. The van der Waals surface area contributed by atoms with Gasteiger partial charge in [-0.3, -0.25) is 4.79 Å². The fourth-order valence-corrected chi connectivity index (χ4v) is 1.50. The van der Waals surface area contributed by atoms with E-state index in [4.69, 9.17) is 22.5 Å². The van der Waals surface area contributed by atoms with Crippen LogP contribution in [0.1, 0.15) is 19.4 Å². The lowest BCUT2D eigenvalue weighted by molar-refractivity contribution is -0.126. The Morgan fingerprint density at radius 1 is 1.56 bits per heavy atom. The number of nitrogens with one attached hydrogen (secondary N) is 1. The van der Waals surface area contributed by atoms with Gasteiger partial charge in [-0.1, -0.05) is 28.9 Å². The van der Waals surface area contributed by atoms with E-state index in [0.717, 1.165) is 5.56 Å². The average molecular weight is 270 g/mol. The van der Waals surface area contributed by atoms with Crippen LogP contribution in [0.5, 0.6) is 0 Å². The van der Waals surface area contributed by atoms with E-state index in [-0.39, 0.29) is 11.7 Å². The molecule has 0 saturated heterocycles. The van der Waals surface area contributed by atoms with Crippen molar-refractivity contribution in [2.45, 2.75) is 20.4 Å². The van der Waals surface area contributed by atoms with Gasteiger partial charge in [-0.05, 0) is 31.5 Å². The Morgan fingerprint density at radius 2 is 2.22 bits per heavy atom. The van der Waals surface area contributed by atoms with E-state index in [9.17, 15) is 4.79 Å². The first kappa shape index (κ1) is 14.3. The zero-order valence-corrected chi connectivity index (χ0v) is 11.0. The molecule has 98 valence electrons. The molecule has 5 nitrogen and oxygen atoms in total. The molecule has 0 fully saturated rings. The number of nitrogens with two attached hydrogens (primary N) is 1. The number of benzene rings is 1. The normalized spacial score (nSPS) is 12.3. The van der Waals surface area contributed by atoms with Crippen LogP contribution in [0.2, 0.25) is 5.02 Å². The molecule has 1 rings (SSSR count). The van der Waals surface area contributed by atoms with Gasteiger partial charge in [0, 0.05) is 11.6 Å². The lowest BCUT2D eigenvalue weighted by Gasteiger charge is -2.21. The van der Waals surface area contributed by atoms with Crippen molar-refractivity contribution >= 4 is 23.3 Å². The van der Waals surface area contributed by atoms with Crippen molar-refractivity contribution in [2.75, 3.05) is 0 Å². The molecule has 1 amide bonds. The molecule has 18 heavy (non-hydrogen) atoms. The van der Waals surface area contributed by atoms with Crippen LogP contribution in [-0.2, 0) is 11.3 Å². The molecule has 0 bridgehead atoms. The Labute approximate surface area is 111 Å². The van der Waals surface area contributed by atoms with E-state index in [1.165, 1.54) is 0 Å². The summed E-state index contributed by atoms with van der Waals surface area (Å²) in [4.78, 5) is 11.9. The number of nitrogens with zero attached hydrogens (tertiary/aromatic N) is 1. The van der Waals surface area contributed by atoms with E-state index >= 15 is 0 Å². The van der Waals surface area contributed by atoms with E-state index in [1.54, 1.807) is 32.0 Å². The minimum atomic E-state index is -1.06. The minimum Gasteiger partial charge on any atom is -0.409 e. The van der Waals surface area contributed by atoms with Gasteiger partial charge in [-0.25, -0.2) is 0 Å². The van der Waals surface area contributed by atoms with E-state index < -0.39 is 5.41 Å². The fraction of sp³-hybridized carbons (Fsp3) is 0.333. The summed E-state index contributed by atoms with van der Waals surface area (Å²) < 4.78 is 0. The number of amides is 1. The molecule has 1 aromatic rings. The molecular formula is C12H16ClN3O2. The van der Waals surface area contributed by atoms with Gasteiger partial charge in [-0.2, -0.15) is 0 Å². The van der Waals surface area contributed by atoms with Crippen LogP contribution in [0.15, 0.2) is 29.4 Å². The summed E-state index contributed by atoms with van der Waals surface area (Å²) in [5.74, 6) is -0.455. The molecule has 1 aromatic carbocycles. The highest BCUT2D eigenvalue weighted by molar-refractivity contribution is 6.30. The summed E-state index contributed by atoms with van der Waals surface area (Å²) in [6.07, 6.45) is 0. The first-order chi connectivity index (χ1) is 8.37. The van der Waals surface area contributed by atoms with Crippen LogP contribution in [0.3, 0.4) is 0 Å². The van der Waals surface area contributed by atoms with E-state index in [1.807, 2.05) is 6.07 Å². The third-order valence-corrected chi connectivity index (χ3v) is 2.89. The number of halogens is 1. The molecule has 0 heterocycles. The number of carbonyl (C=O) groups is 1. The van der Waals surface area contributed by atoms with Crippen molar-refractivity contribution < 1.29 is 10.0 Å². The molecule has 0 atom stereocenters. The van der Waals surface area contributed by atoms with Crippen molar-refractivity contribution in [3.05, 3.63) is 34.9 Å². The minimum absolute atomic E-state index is 0.133. The van der Waals surface area contributed by atoms with Crippen molar-refractivity contribution in [1.29, 1.82) is 0 Å². The Hall–Kier alpha value is -1.75. The number of hydrogen-bond donors (Lipinski definition) is 3. The van der Waals surface area contributed by atoms with Crippen LogP contribution in [0, 0.1) is 5.41 Å². The maximum atomic E-state index is 11.9. The number of carbonyl (C=O) groups excluding carboxylic acids is 1. The fourth-order valence-electron chi connectivity index (χ4n) is 1.29. The third kappa shape index (κ3) is 3.37. The topological polar surface area (TPSA) is 87.7 Å². The molecule has 0 aliphatic rings. The predicted molar refractivity (Wildman–Crippen MR) is 70.5 cm³/mol. The average Bonchev–Trinajstić information content (AvgIpc) is 2.34. The SMILES string of the molecule is CC(C)(C(=O)NCc1cccc(Cl)c1)C(N)=NO. The smallest absolute Gasteiger partial charge is 0.233 e. The zero-order valence-electron chi connectivity index (χ0n) is 10.3. The molecule has 4 N–H and O–H groups in total. The van der Waals surface area contributed by atoms with Crippen LogP contribution in [-0.4, -0.2) is 17.0 Å². The molecule has 0 radical (unpaired) electrons. The highest BCUT2D eigenvalue weighted by Crippen LogP contribution is 2.16. The van der Waals surface area contributed by atoms with Gasteiger partial charge in [-0.15, -0.1) is 0 Å². The van der Waals surface area contributed by atoms with E-state index in [0.29, 0.717) is 11.6 Å². The Bertz CT molecular complexity index is 472. The van der Waals surface area contributed by atoms with E-state index in [2.05, 4.69) is 10.5 Å². The maximum absolute atomic E-state index is 11.9. The maximum Gasteiger partial charge on any atom is 0.233 e. The molecule has 0 unspecified atom stereocenters. The first-order valence-electron chi connectivity index (χ1n) is 5.38. The quantitative estimate of drug-likeness (QED) is 0.337. The largest absolute Gasteiger partial charge is 0.409 e. The summed E-state index contributed by atoms with van der Waals surface area (Å²) in [6.45, 7) is 3.49. The van der Waals surface area contributed by atoms with Gasteiger partial charge in [0.15, 0.2) is 5.84 Å². The number of rotatable bonds is 4. The van der Waals surface area contributed by atoms with Crippen LogP contribution in [0.25, 0.3) is 0 Å². The molecule has 0 aliphatic heterocycles. The molecule has 0 spiro atoms. The zero-order chi connectivity index (χ0) is 13.8. The summed E-state index contributed by atoms with van der Waals surface area (Å²) in [6, 6.07) is 7.17.